The lowest BCUT2D eigenvalue weighted by molar-refractivity contribution is -0.149. The van der Waals surface area contributed by atoms with E-state index in [0.717, 1.165) is 0 Å². The molecule has 3 rings (SSSR count). The molecule has 0 aromatic heterocycles. The van der Waals surface area contributed by atoms with Gasteiger partial charge in [0.2, 0.25) is 0 Å². The Bertz CT molecular complexity index is 307. The Morgan fingerprint density at radius 3 is 2.69 bits per heavy atom. The van der Waals surface area contributed by atoms with E-state index in [1.807, 2.05) is 0 Å². The Kier molecular flexibility index (Phi) is 1.07. The maximum absolute atomic E-state index is 11.2. The van der Waals surface area contributed by atoms with Gasteiger partial charge < -0.3 is 9.84 Å². The van der Waals surface area contributed by atoms with Crippen LogP contribution >= 0.6 is 0 Å². The molecule has 0 spiro atoms. The molecule has 4 heteroatoms. The second kappa shape index (κ2) is 1.89. The SMILES string of the molecule is O=C1OC2CC3(C(=O)O)CC1C2C3. The first-order valence-electron chi connectivity index (χ1n) is 4.56. The summed E-state index contributed by atoms with van der Waals surface area (Å²) in [7, 11) is 0. The van der Waals surface area contributed by atoms with Crippen LogP contribution in [0.4, 0.5) is 0 Å². The van der Waals surface area contributed by atoms with E-state index in [-0.39, 0.29) is 23.9 Å². The zero-order valence-electron chi connectivity index (χ0n) is 7.03. The highest BCUT2D eigenvalue weighted by Crippen LogP contribution is 2.61. The van der Waals surface area contributed by atoms with Crippen molar-refractivity contribution in [2.45, 2.75) is 25.4 Å². The minimum Gasteiger partial charge on any atom is -0.481 e. The van der Waals surface area contributed by atoms with Gasteiger partial charge in [-0.1, -0.05) is 0 Å². The number of hydrogen-bond donors (Lipinski definition) is 1. The normalized spacial score (nSPS) is 51.1. The molecule has 70 valence electrons. The maximum Gasteiger partial charge on any atom is 0.309 e. The average molecular weight is 182 g/mol. The molecule has 4 atom stereocenters. The van der Waals surface area contributed by atoms with Crippen LogP contribution in [0, 0.1) is 17.3 Å². The lowest BCUT2D eigenvalue weighted by Crippen LogP contribution is -2.29. The Morgan fingerprint density at radius 1 is 1.46 bits per heavy atom. The van der Waals surface area contributed by atoms with Crippen molar-refractivity contribution in [3.8, 4) is 0 Å². The van der Waals surface area contributed by atoms with E-state index in [1.165, 1.54) is 0 Å². The summed E-state index contributed by atoms with van der Waals surface area (Å²) in [5, 5.41) is 9.07. The number of fused-ring (bicyclic) bond motifs is 1. The number of carbonyl (C=O) groups is 2. The van der Waals surface area contributed by atoms with Crippen molar-refractivity contribution >= 4 is 11.9 Å². The van der Waals surface area contributed by atoms with Crippen molar-refractivity contribution in [1.82, 2.24) is 0 Å². The molecule has 0 amide bonds. The average Bonchev–Trinajstić information content (AvgIpc) is 2.61. The second-order valence-electron chi connectivity index (χ2n) is 4.44. The van der Waals surface area contributed by atoms with Gasteiger partial charge in [-0.25, -0.2) is 0 Å². The predicted molar refractivity (Wildman–Crippen MR) is 40.8 cm³/mol. The van der Waals surface area contributed by atoms with Gasteiger partial charge in [-0.15, -0.1) is 0 Å². The molecule has 2 bridgehead atoms. The molecule has 0 aromatic rings. The molecule has 4 unspecified atom stereocenters. The van der Waals surface area contributed by atoms with Crippen molar-refractivity contribution in [3.63, 3.8) is 0 Å². The summed E-state index contributed by atoms with van der Waals surface area (Å²) in [6, 6.07) is 0. The van der Waals surface area contributed by atoms with Gasteiger partial charge in [0.15, 0.2) is 0 Å². The van der Waals surface area contributed by atoms with Gasteiger partial charge in [-0.05, 0) is 12.8 Å². The van der Waals surface area contributed by atoms with Crippen LogP contribution < -0.4 is 0 Å². The zero-order valence-corrected chi connectivity index (χ0v) is 7.03. The molecule has 2 saturated carbocycles. The Balaban J connectivity index is 2.02. The minimum absolute atomic E-state index is 0.0950. The van der Waals surface area contributed by atoms with Crippen molar-refractivity contribution in [2.75, 3.05) is 0 Å². The van der Waals surface area contributed by atoms with Crippen LogP contribution in [-0.2, 0) is 14.3 Å². The molecule has 13 heavy (non-hydrogen) atoms. The summed E-state index contributed by atoms with van der Waals surface area (Å²) in [6.07, 6.45) is 1.59. The molecule has 3 fully saturated rings. The molecule has 0 radical (unpaired) electrons. The Hall–Kier alpha value is -1.06. The van der Waals surface area contributed by atoms with Gasteiger partial charge in [-0.2, -0.15) is 0 Å². The van der Waals surface area contributed by atoms with Gasteiger partial charge in [0.05, 0.1) is 11.3 Å². The minimum atomic E-state index is -0.749. The Labute approximate surface area is 74.9 Å². The fourth-order valence-electron chi connectivity index (χ4n) is 3.23. The monoisotopic (exact) mass is 182 g/mol. The molecule has 2 aliphatic carbocycles. The first-order valence-corrected chi connectivity index (χ1v) is 4.56. The largest absolute Gasteiger partial charge is 0.481 e. The summed E-state index contributed by atoms with van der Waals surface area (Å²) in [4.78, 5) is 22.3. The van der Waals surface area contributed by atoms with Gasteiger partial charge in [0.25, 0.3) is 0 Å². The fraction of sp³-hybridized carbons (Fsp3) is 0.778. The molecule has 1 aliphatic heterocycles. The summed E-state index contributed by atoms with van der Waals surface area (Å²) in [5.74, 6) is -0.838. The molecule has 1 N–H and O–H groups in total. The second-order valence-corrected chi connectivity index (χ2v) is 4.44. The quantitative estimate of drug-likeness (QED) is 0.596. The summed E-state index contributed by atoms with van der Waals surface area (Å²) in [5.41, 5.74) is -0.633. The zero-order chi connectivity index (χ0) is 9.22. The number of rotatable bonds is 1. The predicted octanol–water partition coefficient (Wildman–Crippen LogP) is 0.413. The third kappa shape index (κ3) is 0.677. The van der Waals surface area contributed by atoms with Crippen molar-refractivity contribution in [1.29, 1.82) is 0 Å². The van der Waals surface area contributed by atoms with E-state index >= 15 is 0 Å². The molecule has 4 nitrogen and oxygen atoms in total. The molecule has 0 aromatic carbocycles. The van der Waals surface area contributed by atoms with Crippen LogP contribution in [0.3, 0.4) is 0 Å². The lowest BCUT2D eigenvalue weighted by Gasteiger charge is -2.21. The summed E-state index contributed by atoms with van der Waals surface area (Å²) >= 11 is 0. The number of hydrogen-bond acceptors (Lipinski definition) is 3. The number of carboxylic acid groups (broad SMARTS) is 1. The summed E-state index contributed by atoms with van der Waals surface area (Å²) < 4.78 is 5.11. The number of esters is 1. The maximum atomic E-state index is 11.2. The van der Waals surface area contributed by atoms with E-state index in [9.17, 15) is 9.59 Å². The van der Waals surface area contributed by atoms with Crippen LogP contribution in [0.2, 0.25) is 0 Å². The van der Waals surface area contributed by atoms with E-state index in [4.69, 9.17) is 9.84 Å². The Morgan fingerprint density at radius 2 is 2.23 bits per heavy atom. The van der Waals surface area contributed by atoms with Crippen molar-refractivity contribution in [2.24, 2.45) is 17.3 Å². The van der Waals surface area contributed by atoms with E-state index in [1.54, 1.807) is 0 Å². The molecule has 1 saturated heterocycles. The van der Waals surface area contributed by atoms with E-state index in [2.05, 4.69) is 0 Å². The third-order valence-corrected chi connectivity index (χ3v) is 3.85. The van der Waals surface area contributed by atoms with Gasteiger partial charge in [0.1, 0.15) is 6.10 Å². The molecule has 1 heterocycles. The van der Waals surface area contributed by atoms with Crippen molar-refractivity contribution < 1.29 is 19.4 Å². The third-order valence-electron chi connectivity index (χ3n) is 3.85. The number of aliphatic carboxylic acids is 1. The van der Waals surface area contributed by atoms with Gasteiger partial charge in [-0.3, -0.25) is 9.59 Å². The highest BCUT2D eigenvalue weighted by atomic mass is 16.6. The highest BCUT2D eigenvalue weighted by molar-refractivity contribution is 5.83. The lowest BCUT2D eigenvalue weighted by atomic mass is 9.80. The number of ether oxygens (including phenoxy) is 1. The number of carboxylic acids is 1. The first-order chi connectivity index (χ1) is 6.12. The molecular weight excluding hydrogens is 172 g/mol. The highest BCUT2D eigenvalue weighted by Gasteiger charge is 2.66. The molecular formula is C9H10O4. The van der Waals surface area contributed by atoms with Crippen LogP contribution in [0.1, 0.15) is 19.3 Å². The van der Waals surface area contributed by atoms with Crippen LogP contribution in [0.5, 0.6) is 0 Å². The van der Waals surface area contributed by atoms with E-state index in [0.29, 0.717) is 19.3 Å². The van der Waals surface area contributed by atoms with E-state index < -0.39 is 11.4 Å². The summed E-state index contributed by atoms with van der Waals surface area (Å²) in [6.45, 7) is 0. The number of carbonyl (C=O) groups excluding carboxylic acids is 1. The van der Waals surface area contributed by atoms with Crippen LogP contribution in [0.25, 0.3) is 0 Å². The topological polar surface area (TPSA) is 63.6 Å². The van der Waals surface area contributed by atoms with Gasteiger partial charge >= 0.3 is 11.9 Å². The van der Waals surface area contributed by atoms with Gasteiger partial charge in [0, 0.05) is 12.3 Å². The smallest absolute Gasteiger partial charge is 0.309 e. The standard InChI is InChI=1S/C9H10O4/c10-7-5-2-9(8(11)12)1-4(5)6(3-9)13-7/h4-6H,1-3H2,(H,11,12). The fourth-order valence-corrected chi connectivity index (χ4v) is 3.23. The van der Waals surface area contributed by atoms with Crippen LogP contribution in [-0.4, -0.2) is 23.1 Å². The first kappa shape index (κ1) is 7.35. The van der Waals surface area contributed by atoms with Crippen molar-refractivity contribution in [3.05, 3.63) is 0 Å². The van der Waals surface area contributed by atoms with Crippen LogP contribution in [0.15, 0.2) is 0 Å². The molecule has 3 aliphatic rings.